The monoisotopic (exact) mass is 505 g/mol. The summed E-state index contributed by atoms with van der Waals surface area (Å²) in [6.07, 6.45) is 7.50. The fraction of sp³-hybridized carbons (Fsp3) is 0.708. The van der Waals surface area contributed by atoms with Crippen molar-refractivity contribution in [2.45, 2.75) is 51.6 Å². The van der Waals surface area contributed by atoms with Gasteiger partial charge in [-0.2, -0.15) is 9.10 Å². The highest BCUT2D eigenvalue weighted by molar-refractivity contribution is 7.88. The van der Waals surface area contributed by atoms with Gasteiger partial charge < -0.3 is 14.5 Å². The van der Waals surface area contributed by atoms with Crippen LogP contribution in [0, 0.1) is 5.92 Å². The maximum Gasteiger partial charge on any atom is 0.266 e. The second kappa shape index (κ2) is 11.7. The molecule has 1 aromatic heterocycles. The van der Waals surface area contributed by atoms with Gasteiger partial charge in [-0.25, -0.2) is 8.42 Å². The normalized spacial score (nSPS) is 17.7. The predicted molar refractivity (Wildman–Crippen MR) is 136 cm³/mol. The molecule has 0 amide bonds. The molecule has 0 atom stereocenters. The number of tetrazole rings is 1. The van der Waals surface area contributed by atoms with Gasteiger partial charge in [-0.05, 0) is 93.6 Å². The highest BCUT2D eigenvalue weighted by atomic mass is 32.2. The smallest absolute Gasteiger partial charge is 0.266 e. The number of rotatable bonds is 11. The number of ether oxygens (including phenoxy) is 1. The Hall–Kier alpha value is -2.24. The van der Waals surface area contributed by atoms with Gasteiger partial charge in [-0.1, -0.05) is 11.2 Å². The van der Waals surface area contributed by atoms with Crippen molar-refractivity contribution >= 4 is 16.0 Å². The largest absolute Gasteiger partial charge is 0.494 e. The molecule has 35 heavy (non-hydrogen) atoms. The van der Waals surface area contributed by atoms with Crippen molar-refractivity contribution in [1.82, 2.24) is 29.4 Å². The highest BCUT2D eigenvalue weighted by Gasteiger charge is 2.24. The minimum Gasteiger partial charge on any atom is -0.494 e. The van der Waals surface area contributed by atoms with Crippen LogP contribution in [0.1, 0.15) is 43.2 Å². The van der Waals surface area contributed by atoms with E-state index in [1.165, 1.54) is 16.1 Å². The first kappa shape index (κ1) is 25.8. The molecule has 1 saturated heterocycles. The number of sulfonamides is 1. The molecule has 0 bridgehead atoms. The van der Waals surface area contributed by atoms with E-state index in [1.54, 1.807) is 4.80 Å². The van der Waals surface area contributed by atoms with Crippen LogP contribution in [0.3, 0.4) is 0 Å². The van der Waals surface area contributed by atoms with Crippen molar-refractivity contribution in [1.29, 1.82) is 0 Å². The molecule has 1 fully saturated rings. The average Bonchev–Trinajstić information content (AvgIpc) is 3.30. The Morgan fingerprint density at radius 1 is 1.11 bits per heavy atom. The van der Waals surface area contributed by atoms with E-state index in [9.17, 15) is 8.42 Å². The molecule has 194 valence electrons. The third-order valence-electron chi connectivity index (χ3n) is 6.95. The number of fused-ring (bicyclic) bond motifs is 1. The zero-order chi connectivity index (χ0) is 24.8. The average molecular weight is 506 g/mol. The number of aromatic nitrogens is 4. The van der Waals surface area contributed by atoms with Crippen molar-refractivity contribution in [3.63, 3.8) is 0 Å². The molecular formula is C24H39N7O3S. The number of piperidine rings is 1. The molecule has 0 radical (unpaired) electrons. The number of anilines is 1. The Labute approximate surface area is 209 Å². The maximum atomic E-state index is 11.8. The van der Waals surface area contributed by atoms with Crippen LogP contribution in [-0.2, 0) is 29.5 Å². The molecule has 2 aliphatic rings. The summed E-state index contributed by atoms with van der Waals surface area (Å²) in [5, 5.41) is 13.0. The third kappa shape index (κ3) is 7.37. The molecule has 4 rings (SSSR count). The Balaban J connectivity index is 1.14. The molecule has 2 aromatic rings. The summed E-state index contributed by atoms with van der Waals surface area (Å²) < 4.78 is 31.2. The molecule has 10 nitrogen and oxygen atoms in total. The lowest BCUT2D eigenvalue weighted by molar-refractivity contribution is 0.278. The van der Waals surface area contributed by atoms with Gasteiger partial charge in [0.05, 0.1) is 19.4 Å². The lowest BCUT2D eigenvalue weighted by Gasteiger charge is -2.30. The quantitative estimate of drug-likeness (QED) is 0.428. The predicted octanol–water partition coefficient (Wildman–Crippen LogP) is 2.02. The molecule has 0 saturated carbocycles. The first-order valence-electron chi connectivity index (χ1n) is 12.6. The van der Waals surface area contributed by atoms with Crippen LogP contribution in [0.5, 0.6) is 5.75 Å². The van der Waals surface area contributed by atoms with E-state index in [0.29, 0.717) is 25.6 Å². The first-order valence-corrected chi connectivity index (χ1v) is 14.5. The van der Waals surface area contributed by atoms with Crippen LogP contribution in [0.15, 0.2) is 18.2 Å². The highest BCUT2D eigenvalue weighted by Crippen LogP contribution is 2.26. The molecule has 0 N–H and O–H groups in total. The van der Waals surface area contributed by atoms with Gasteiger partial charge in [-0.15, -0.1) is 5.10 Å². The van der Waals surface area contributed by atoms with E-state index >= 15 is 0 Å². The standard InChI is InChI=1S/C24H39N7O3S/c1-28(2)12-5-13-31-26-24(25-27-31)29-14-9-20(10-15-29)6-4-17-34-23-8-7-22-19-30(35(3,32)33)16-11-21(22)18-23/h7-8,18,20H,4-6,9-17,19H2,1-3H3. The topological polar surface area (TPSA) is 96.7 Å². The van der Waals surface area contributed by atoms with Crippen molar-refractivity contribution in [2.24, 2.45) is 5.92 Å². The molecule has 1 aromatic carbocycles. The van der Waals surface area contributed by atoms with Gasteiger partial charge in [0.15, 0.2) is 0 Å². The van der Waals surface area contributed by atoms with Crippen LogP contribution in [-0.4, -0.2) is 91.0 Å². The molecule has 2 aliphatic heterocycles. The van der Waals surface area contributed by atoms with Crippen LogP contribution in [0.2, 0.25) is 0 Å². The van der Waals surface area contributed by atoms with Crippen molar-refractivity contribution in [3.05, 3.63) is 29.3 Å². The number of hydrogen-bond acceptors (Lipinski definition) is 8. The van der Waals surface area contributed by atoms with Gasteiger partial charge in [0.25, 0.3) is 5.95 Å². The Kier molecular flexibility index (Phi) is 8.61. The van der Waals surface area contributed by atoms with Gasteiger partial charge in [0, 0.05) is 26.2 Å². The van der Waals surface area contributed by atoms with Crippen molar-refractivity contribution in [2.75, 3.05) is 58.0 Å². The molecule has 0 spiro atoms. The first-order chi connectivity index (χ1) is 16.8. The Morgan fingerprint density at radius 3 is 2.66 bits per heavy atom. The summed E-state index contributed by atoms with van der Waals surface area (Å²) in [6.45, 7) is 5.46. The molecule has 3 heterocycles. The number of hydrogen-bond donors (Lipinski definition) is 0. The second-order valence-electron chi connectivity index (χ2n) is 10.0. The second-order valence-corrected chi connectivity index (χ2v) is 12.0. The Morgan fingerprint density at radius 2 is 1.91 bits per heavy atom. The minimum absolute atomic E-state index is 0.454. The number of nitrogens with zero attached hydrogens (tertiary/aromatic N) is 7. The van der Waals surface area contributed by atoms with Crippen LogP contribution in [0.25, 0.3) is 0 Å². The van der Waals surface area contributed by atoms with E-state index in [4.69, 9.17) is 4.74 Å². The van der Waals surface area contributed by atoms with Gasteiger partial charge in [0.2, 0.25) is 10.0 Å². The van der Waals surface area contributed by atoms with E-state index < -0.39 is 10.0 Å². The lowest BCUT2D eigenvalue weighted by atomic mass is 9.92. The summed E-state index contributed by atoms with van der Waals surface area (Å²) in [4.78, 5) is 6.13. The third-order valence-corrected chi connectivity index (χ3v) is 8.20. The fourth-order valence-corrected chi connectivity index (χ4v) is 5.64. The lowest BCUT2D eigenvalue weighted by Crippen LogP contribution is -2.35. The van der Waals surface area contributed by atoms with Crippen molar-refractivity contribution < 1.29 is 13.2 Å². The van der Waals surface area contributed by atoms with Gasteiger partial charge in [0.1, 0.15) is 5.75 Å². The zero-order valence-corrected chi connectivity index (χ0v) is 22.1. The van der Waals surface area contributed by atoms with Crippen LogP contribution >= 0.6 is 0 Å². The van der Waals surface area contributed by atoms with E-state index in [1.807, 2.05) is 12.1 Å². The summed E-state index contributed by atoms with van der Waals surface area (Å²) in [6, 6.07) is 6.04. The summed E-state index contributed by atoms with van der Waals surface area (Å²) in [5.41, 5.74) is 2.27. The van der Waals surface area contributed by atoms with Crippen LogP contribution in [0.4, 0.5) is 5.95 Å². The molecular weight excluding hydrogens is 466 g/mol. The van der Waals surface area contributed by atoms with Gasteiger partial charge in [-0.3, -0.25) is 0 Å². The Bertz CT molecular complexity index is 1060. The van der Waals surface area contributed by atoms with Crippen molar-refractivity contribution in [3.8, 4) is 5.75 Å². The van der Waals surface area contributed by atoms with Crippen LogP contribution < -0.4 is 9.64 Å². The number of aryl methyl sites for hydroxylation is 1. The number of benzene rings is 1. The van der Waals surface area contributed by atoms with E-state index in [2.05, 4.69) is 45.4 Å². The van der Waals surface area contributed by atoms with E-state index in [-0.39, 0.29) is 0 Å². The summed E-state index contributed by atoms with van der Waals surface area (Å²) in [7, 11) is 0.998. The molecule has 0 unspecified atom stereocenters. The van der Waals surface area contributed by atoms with E-state index in [0.717, 1.165) is 82.0 Å². The SMILES string of the molecule is CN(C)CCCn1nnc(N2CCC(CCCOc3ccc4c(c3)CCN(S(C)(=O)=O)C4)CC2)n1. The van der Waals surface area contributed by atoms with Gasteiger partial charge >= 0.3 is 0 Å². The molecule has 0 aliphatic carbocycles. The summed E-state index contributed by atoms with van der Waals surface area (Å²) in [5.74, 6) is 2.34. The zero-order valence-electron chi connectivity index (χ0n) is 21.3. The fourth-order valence-electron chi connectivity index (χ4n) is 4.84. The summed E-state index contributed by atoms with van der Waals surface area (Å²) >= 11 is 0. The molecule has 11 heteroatoms. The maximum absolute atomic E-state index is 11.8. The minimum atomic E-state index is -3.15.